The van der Waals surface area contributed by atoms with Crippen LogP contribution in [0.4, 0.5) is 17.3 Å². The Morgan fingerprint density at radius 3 is 2.89 bits per heavy atom. The summed E-state index contributed by atoms with van der Waals surface area (Å²) in [5.41, 5.74) is 5.34. The molecule has 0 fully saturated rings. The molecule has 2 aromatic rings. The Labute approximate surface area is 159 Å². The molecule has 0 radical (unpaired) electrons. The number of rotatable bonds is 4. The third-order valence-electron chi connectivity index (χ3n) is 4.87. The molecule has 2 aromatic heterocycles. The first-order chi connectivity index (χ1) is 13.2. The summed E-state index contributed by atoms with van der Waals surface area (Å²) in [5, 5.41) is 9.94. The summed E-state index contributed by atoms with van der Waals surface area (Å²) in [4.78, 5) is 9.23. The molecule has 0 bridgehead atoms. The molecule has 2 aliphatic rings. The Bertz CT molecular complexity index is 894. The number of ether oxygens (including phenoxy) is 2. The molecule has 0 aromatic carbocycles. The molecule has 0 aliphatic carbocycles. The smallest absolute Gasteiger partial charge is 0.262 e. The van der Waals surface area contributed by atoms with Crippen molar-refractivity contribution in [3.63, 3.8) is 0 Å². The number of fused-ring (bicyclic) bond motifs is 1. The van der Waals surface area contributed by atoms with E-state index in [0.29, 0.717) is 5.88 Å². The van der Waals surface area contributed by atoms with Crippen molar-refractivity contribution in [2.45, 2.75) is 26.7 Å². The molecule has 142 valence electrons. The fourth-order valence-electron chi connectivity index (χ4n) is 3.54. The summed E-state index contributed by atoms with van der Waals surface area (Å²) in [6.07, 6.45) is 4.34. The van der Waals surface area contributed by atoms with E-state index in [-0.39, 0.29) is 6.79 Å². The van der Waals surface area contributed by atoms with Crippen LogP contribution in [0.5, 0.6) is 11.6 Å². The van der Waals surface area contributed by atoms with Gasteiger partial charge < -0.3 is 25.4 Å². The van der Waals surface area contributed by atoms with Crippen molar-refractivity contribution in [1.82, 2.24) is 15.3 Å². The van der Waals surface area contributed by atoms with Gasteiger partial charge in [0.05, 0.1) is 0 Å². The minimum atomic E-state index is 0.205. The van der Waals surface area contributed by atoms with Gasteiger partial charge >= 0.3 is 0 Å². The Hall–Kier alpha value is -2.80. The first-order valence-corrected chi connectivity index (χ1v) is 9.29. The summed E-state index contributed by atoms with van der Waals surface area (Å²) in [6.45, 7) is 6.13. The number of anilines is 3. The van der Waals surface area contributed by atoms with Crippen LogP contribution in [0.15, 0.2) is 18.2 Å². The summed E-state index contributed by atoms with van der Waals surface area (Å²) in [6, 6.07) is 3.97. The van der Waals surface area contributed by atoms with Crippen molar-refractivity contribution < 1.29 is 9.47 Å². The van der Waals surface area contributed by atoms with E-state index in [0.717, 1.165) is 65.8 Å². The predicted molar refractivity (Wildman–Crippen MR) is 107 cm³/mol. The lowest BCUT2D eigenvalue weighted by atomic mass is 9.96. The van der Waals surface area contributed by atoms with Gasteiger partial charge in [-0.2, -0.15) is 4.98 Å². The maximum atomic E-state index is 5.77. The molecule has 0 saturated heterocycles. The fraction of sp³-hybridized carbons (Fsp3) is 0.400. The van der Waals surface area contributed by atoms with Gasteiger partial charge in [0, 0.05) is 42.2 Å². The maximum Gasteiger partial charge on any atom is 0.262 e. The van der Waals surface area contributed by atoms with Gasteiger partial charge in [-0.15, -0.1) is 0 Å². The maximum absolute atomic E-state index is 5.77. The SMILES string of the molecule is CNc1cc(C)nc(Nc2nc3c(c(C4=CCNCCC4)c2C)OCO3)c1. The van der Waals surface area contributed by atoms with Crippen molar-refractivity contribution in [1.29, 1.82) is 0 Å². The topological polar surface area (TPSA) is 80.3 Å². The van der Waals surface area contributed by atoms with Crippen LogP contribution in [0.1, 0.15) is 29.7 Å². The standard InChI is InChI=1S/C20H25N5O2/c1-12-9-15(21-3)10-16(23-12)24-19-13(2)17(14-5-4-7-22-8-6-14)18-20(25-19)27-11-26-18/h6,9-10,22H,4-5,7-8,11H2,1-3H3,(H2,21,23,24,25). The summed E-state index contributed by atoms with van der Waals surface area (Å²) in [7, 11) is 1.90. The lowest BCUT2D eigenvalue weighted by Gasteiger charge is -2.17. The van der Waals surface area contributed by atoms with Crippen LogP contribution < -0.4 is 25.4 Å². The number of allylic oxidation sites excluding steroid dienone is 1. The number of nitrogens with zero attached hydrogens (tertiary/aromatic N) is 2. The average Bonchev–Trinajstić information content (AvgIpc) is 2.95. The van der Waals surface area contributed by atoms with Crippen LogP contribution >= 0.6 is 0 Å². The minimum absolute atomic E-state index is 0.205. The lowest BCUT2D eigenvalue weighted by molar-refractivity contribution is 0.171. The van der Waals surface area contributed by atoms with Crippen LogP contribution in [0.2, 0.25) is 0 Å². The quantitative estimate of drug-likeness (QED) is 0.764. The Morgan fingerprint density at radius 1 is 1.15 bits per heavy atom. The van der Waals surface area contributed by atoms with E-state index in [1.807, 2.05) is 26.1 Å². The van der Waals surface area contributed by atoms with Crippen molar-refractivity contribution in [3.05, 3.63) is 35.0 Å². The lowest BCUT2D eigenvalue weighted by Crippen LogP contribution is -2.12. The summed E-state index contributed by atoms with van der Waals surface area (Å²) >= 11 is 0. The van der Waals surface area contributed by atoms with Crippen LogP contribution in [-0.4, -0.2) is 36.9 Å². The van der Waals surface area contributed by atoms with Crippen LogP contribution in [0, 0.1) is 13.8 Å². The zero-order valence-corrected chi connectivity index (χ0v) is 16.0. The fourth-order valence-corrected chi connectivity index (χ4v) is 3.54. The molecular formula is C20H25N5O2. The molecule has 3 N–H and O–H groups in total. The predicted octanol–water partition coefficient (Wildman–Crippen LogP) is 3.37. The zero-order valence-electron chi connectivity index (χ0n) is 16.0. The number of hydrogen-bond donors (Lipinski definition) is 3. The molecule has 2 aliphatic heterocycles. The van der Waals surface area contributed by atoms with Crippen LogP contribution in [0.3, 0.4) is 0 Å². The summed E-state index contributed by atoms with van der Waals surface area (Å²) in [5.74, 6) is 2.78. The number of hydrogen-bond acceptors (Lipinski definition) is 7. The minimum Gasteiger partial charge on any atom is -0.451 e. The molecule has 0 saturated carbocycles. The van der Waals surface area contributed by atoms with Crippen molar-refractivity contribution in [2.75, 3.05) is 37.6 Å². The molecule has 4 heterocycles. The highest BCUT2D eigenvalue weighted by Gasteiger charge is 2.26. The van der Waals surface area contributed by atoms with Crippen molar-refractivity contribution >= 4 is 22.9 Å². The molecule has 7 nitrogen and oxygen atoms in total. The monoisotopic (exact) mass is 367 g/mol. The first-order valence-electron chi connectivity index (χ1n) is 9.29. The molecule has 27 heavy (non-hydrogen) atoms. The highest BCUT2D eigenvalue weighted by Crippen LogP contribution is 2.44. The van der Waals surface area contributed by atoms with Crippen molar-refractivity contribution in [2.24, 2.45) is 0 Å². The third-order valence-corrected chi connectivity index (χ3v) is 4.87. The van der Waals surface area contributed by atoms with E-state index >= 15 is 0 Å². The van der Waals surface area contributed by atoms with Gasteiger partial charge in [0.1, 0.15) is 11.6 Å². The van der Waals surface area contributed by atoms with Gasteiger partial charge in [0.15, 0.2) is 5.75 Å². The number of aryl methyl sites for hydroxylation is 1. The van der Waals surface area contributed by atoms with E-state index in [4.69, 9.17) is 9.47 Å². The van der Waals surface area contributed by atoms with Gasteiger partial charge in [-0.1, -0.05) is 6.08 Å². The molecule has 0 unspecified atom stereocenters. The second-order valence-corrected chi connectivity index (χ2v) is 6.80. The Morgan fingerprint density at radius 2 is 2.04 bits per heavy atom. The highest BCUT2D eigenvalue weighted by molar-refractivity contribution is 5.80. The molecule has 0 amide bonds. The van der Waals surface area contributed by atoms with E-state index in [2.05, 4.69) is 38.9 Å². The normalized spacial score (nSPS) is 15.9. The molecule has 0 atom stereocenters. The first kappa shape index (κ1) is 17.6. The van der Waals surface area contributed by atoms with Gasteiger partial charge in [-0.25, -0.2) is 4.98 Å². The van der Waals surface area contributed by atoms with Gasteiger partial charge in [0.25, 0.3) is 5.88 Å². The van der Waals surface area contributed by atoms with Crippen LogP contribution in [0.25, 0.3) is 5.57 Å². The highest BCUT2D eigenvalue weighted by atomic mass is 16.7. The second-order valence-electron chi connectivity index (χ2n) is 6.80. The largest absolute Gasteiger partial charge is 0.451 e. The average molecular weight is 367 g/mol. The van der Waals surface area contributed by atoms with E-state index in [1.165, 1.54) is 5.57 Å². The Balaban J connectivity index is 1.77. The third kappa shape index (κ3) is 3.55. The molecule has 7 heteroatoms. The number of aromatic nitrogens is 2. The second kappa shape index (κ2) is 7.44. The Kier molecular flexibility index (Phi) is 4.85. The zero-order chi connectivity index (χ0) is 18.8. The van der Waals surface area contributed by atoms with E-state index in [1.54, 1.807) is 0 Å². The molecular weight excluding hydrogens is 342 g/mol. The van der Waals surface area contributed by atoms with E-state index in [9.17, 15) is 0 Å². The molecule has 4 rings (SSSR count). The van der Waals surface area contributed by atoms with E-state index < -0.39 is 0 Å². The van der Waals surface area contributed by atoms with Gasteiger partial charge in [-0.05, 0) is 44.9 Å². The van der Waals surface area contributed by atoms with Gasteiger partial charge in [0.2, 0.25) is 6.79 Å². The molecule has 0 spiro atoms. The van der Waals surface area contributed by atoms with Crippen molar-refractivity contribution in [3.8, 4) is 11.6 Å². The van der Waals surface area contributed by atoms with Gasteiger partial charge in [-0.3, -0.25) is 0 Å². The van der Waals surface area contributed by atoms with Crippen LogP contribution in [-0.2, 0) is 0 Å². The number of pyridine rings is 2. The summed E-state index contributed by atoms with van der Waals surface area (Å²) < 4.78 is 11.4. The number of nitrogens with one attached hydrogen (secondary N) is 3.